The van der Waals surface area contributed by atoms with Gasteiger partial charge in [0.25, 0.3) is 0 Å². The molecular formula is C18H16N2O3S. The number of thiazole rings is 1. The third-order valence-electron chi connectivity index (χ3n) is 3.40. The molecule has 0 fully saturated rings. The molecule has 0 bridgehead atoms. The minimum atomic E-state index is -0.277. The van der Waals surface area contributed by atoms with Gasteiger partial charge in [0.15, 0.2) is 16.6 Å². The summed E-state index contributed by atoms with van der Waals surface area (Å²) in [5.74, 6) is 0.143. The first-order chi connectivity index (χ1) is 11.5. The predicted molar refractivity (Wildman–Crippen MR) is 96.7 cm³/mol. The lowest BCUT2D eigenvalue weighted by Gasteiger charge is -2.03. The van der Waals surface area contributed by atoms with Gasteiger partial charge >= 0.3 is 0 Å². The number of aromatic hydroxyl groups is 1. The quantitative estimate of drug-likeness (QED) is 0.705. The molecule has 0 saturated heterocycles. The number of carbonyl (C=O) groups excluding carboxylic acids is 1. The highest BCUT2D eigenvalue weighted by Crippen LogP contribution is 2.28. The van der Waals surface area contributed by atoms with Crippen molar-refractivity contribution in [3.05, 3.63) is 53.6 Å². The number of aromatic nitrogens is 1. The molecule has 0 saturated carbocycles. The molecule has 1 amide bonds. The maximum absolute atomic E-state index is 12.0. The molecule has 1 aromatic heterocycles. The lowest BCUT2D eigenvalue weighted by Crippen LogP contribution is -2.07. The number of rotatable bonds is 4. The van der Waals surface area contributed by atoms with Crippen LogP contribution in [0.4, 0.5) is 5.13 Å². The van der Waals surface area contributed by atoms with Crippen LogP contribution in [0.15, 0.2) is 42.5 Å². The van der Waals surface area contributed by atoms with Crippen molar-refractivity contribution in [2.24, 2.45) is 0 Å². The zero-order valence-electron chi connectivity index (χ0n) is 13.2. The minimum Gasteiger partial charge on any atom is -0.504 e. The molecule has 5 nitrogen and oxygen atoms in total. The van der Waals surface area contributed by atoms with Gasteiger partial charge in [-0.2, -0.15) is 0 Å². The van der Waals surface area contributed by atoms with Crippen LogP contribution in [0.5, 0.6) is 11.5 Å². The van der Waals surface area contributed by atoms with Crippen LogP contribution < -0.4 is 10.1 Å². The Morgan fingerprint density at radius 2 is 2.12 bits per heavy atom. The van der Waals surface area contributed by atoms with Gasteiger partial charge < -0.3 is 9.84 Å². The highest BCUT2D eigenvalue weighted by molar-refractivity contribution is 7.22. The third-order valence-corrected chi connectivity index (χ3v) is 4.34. The Balaban J connectivity index is 1.71. The number of benzene rings is 2. The number of aryl methyl sites for hydroxylation is 1. The van der Waals surface area contributed by atoms with Gasteiger partial charge in [0.2, 0.25) is 5.91 Å². The van der Waals surface area contributed by atoms with Crippen LogP contribution in [0.1, 0.15) is 11.1 Å². The van der Waals surface area contributed by atoms with Crippen LogP contribution in [0.25, 0.3) is 16.3 Å². The summed E-state index contributed by atoms with van der Waals surface area (Å²) in [5, 5.41) is 13.0. The van der Waals surface area contributed by atoms with Crippen molar-refractivity contribution in [2.45, 2.75) is 6.92 Å². The van der Waals surface area contributed by atoms with Gasteiger partial charge in [0, 0.05) is 6.08 Å². The van der Waals surface area contributed by atoms with E-state index in [0.29, 0.717) is 16.4 Å². The van der Waals surface area contributed by atoms with E-state index in [9.17, 15) is 9.90 Å². The zero-order chi connectivity index (χ0) is 17.1. The van der Waals surface area contributed by atoms with E-state index in [0.717, 1.165) is 15.8 Å². The van der Waals surface area contributed by atoms with Gasteiger partial charge in [-0.1, -0.05) is 23.5 Å². The number of hydrogen-bond acceptors (Lipinski definition) is 5. The van der Waals surface area contributed by atoms with Crippen molar-refractivity contribution in [3.63, 3.8) is 0 Å². The number of nitrogens with one attached hydrogen (secondary N) is 1. The second-order valence-corrected chi connectivity index (χ2v) is 6.27. The third kappa shape index (κ3) is 3.55. The molecular weight excluding hydrogens is 324 g/mol. The summed E-state index contributed by atoms with van der Waals surface area (Å²) in [4.78, 5) is 16.4. The van der Waals surface area contributed by atoms with E-state index in [4.69, 9.17) is 4.74 Å². The summed E-state index contributed by atoms with van der Waals surface area (Å²) in [6, 6.07) is 10.9. The smallest absolute Gasteiger partial charge is 0.250 e. The number of phenolic OH excluding ortho intramolecular Hbond substituents is 1. The number of anilines is 1. The fourth-order valence-corrected chi connectivity index (χ4v) is 3.18. The highest BCUT2D eigenvalue weighted by Gasteiger charge is 2.06. The summed E-state index contributed by atoms with van der Waals surface area (Å²) in [6.45, 7) is 2.02. The van der Waals surface area contributed by atoms with Crippen molar-refractivity contribution in [3.8, 4) is 11.5 Å². The van der Waals surface area contributed by atoms with Crippen molar-refractivity contribution in [2.75, 3.05) is 12.4 Å². The fourth-order valence-electron chi connectivity index (χ4n) is 2.21. The molecule has 0 aliphatic rings. The maximum Gasteiger partial charge on any atom is 0.250 e. The van der Waals surface area contributed by atoms with Crippen molar-refractivity contribution >= 4 is 38.7 Å². The van der Waals surface area contributed by atoms with Gasteiger partial charge in [-0.15, -0.1) is 0 Å². The summed E-state index contributed by atoms with van der Waals surface area (Å²) >= 11 is 1.44. The molecule has 6 heteroatoms. The minimum absolute atomic E-state index is 0.0293. The first-order valence-corrected chi connectivity index (χ1v) is 8.10. The molecule has 24 heavy (non-hydrogen) atoms. The Morgan fingerprint density at radius 1 is 1.29 bits per heavy atom. The van der Waals surface area contributed by atoms with Crippen LogP contribution in [0, 0.1) is 6.92 Å². The zero-order valence-corrected chi connectivity index (χ0v) is 14.1. The summed E-state index contributed by atoms with van der Waals surface area (Å²) in [6.07, 6.45) is 3.02. The van der Waals surface area contributed by atoms with Gasteiger partial charge in [0.05, 0.1) is 17.3 Å². The van der Waals surface area contributed by atoms with Gasteiger partial charge in [0.1, 0.15) is 0 Å². The Kier molecular flexibility index (Phi) is 4.48. The molecule has 3 aromatic rings. The Labute approximate surface area is 143 Å². The summed E-state index contributed by atoms with van der Waals surface area (Å²) in [7, 11) is 1.48. The second kappa shape index (κ2) is 6.72. The van der Waals surface area contributed by atoms with Gasteiger partial charge in [-0.05, 0) is 48.4 Å². The van der Waals surface area contributed by atoms with Gasteiger partial charge in [-0.3, -0.25) is 10.1 Å². The number of nitrogens with zero attached hydrogens (tertiary/aromatic N) is 1. The van der Waals surface area contributed by atoms with E-state index >= 15 is 0 Å². The lowest BCUT2D eigenvalue weighted by molar-refractivity contribution is -0.111. The predicted octanol–water partition coefficient (Wildman–Crippen LogP) is 3.97. The average Bonchev–Trinajstić information content (AvgIpc) is 2.94. The number of hydrogen-bond donors (Lipinski definition) is 2. The molecule has 0 spiro atoms. The van der Waals surface area contributed by atoms with E-state index in [1.165, 1.54) is 30.6 Å². The molecule has 3 rings (SSSR count). The molecule has 0 unspecified atom stereocenters. The molecule has 0 atom stereocenters. The molecule has 2 aromatic carbocycles. The first-order valence-electron chi connectivity index (χ1n) is 7.28. The van der Waals surface area contributed by atoms with Gasteiger partial charge in [-0.25, -0.2) is 4.98 Å². The SMILES string of the molecule is COc1ccc(/C=C/C(=O)Nc2nc3ccc(C)cc3s2)cc1O. The molecule has 0 radical (unpaired) electrons. The Hall–Kier alpha value is -2.86. The molecule has 1 heterocycles. The topological polar surface area (TPSA) is 71.5 Å². The summed E-state index contributed by atoms with van der Waals surface area (Å²) in [5.41, 5.74) is 2.72. The molecule has 122 valence electrons. The van der Waals surface area contributed by atoms with Crippen LogP contribution in [-0.4, -0.2) is 23.1 Å². The van der Waals surface area contributed by atoms with E-state index < -0.39 is 0 Å². The van der Waals surface area contributed by atoms with E-state index in [1.54, 1.807) is 18.2 Å². The number of carbonyl (C=O) groups is 1. The fraction of sp³-hybridized carbons (Fsp3) is 0.111. The largest absolute Gasteiger partial charge is 0.504 e. The molecule has 2 N–H and O–H groups in total. The number of methoxy groups -OCH3 is 1. The van der Waals surface area contributed by atoms with Crippen LogP contribution in [-0.2, 0) is 4.79 Å². The van der Waals surface area contributed by atoms with Crippen molar-refractivity contribution < 1.29 is 14.6 Å². The number of amides is 1. The van der Waals surface area contributed by atoms with Crippen LogP contribution >= 0.6 is 11.3 Å². The lowest BCUT2D eigenvalue weighted by atomic mass is 10.2. The van der Waals surface area contributed by atoms with E-state index in [1.807, 2.05) is 25.1 Å². The Morgan fingerprint density at radius 3 is 2.88 bits per heavy atom. The van der Waals surface area contributed by atoms with Crippen LogP contribution in [0.3, 0.4) is 0 Å². The van der Waals surface area contributed by atoms with E-state index in [-0.39, 0.29) is 11.7 Å². The Bertz CT molecular complexity index is 931. The first kappa shape index (κ1) is 16.0. The molecule has 0 aliphatic carbocycles. The molecule has 0 aliphatic heterocycles. The normalized spacial score (nSPS) is 11.1. The van der Waals surface area contributed by atoms with E-state index in [2.05, 4.69) is 10.3 Å². The summed E-state index contributed by atoms with van der Waals surface area (Å²) < 4.78 is 6.02. The average molecular weight is 340 g/mol. The monoisotopic (exact) mass is 340 g/mol. The number of fused-ring (bicyclic) bond motifs is 1. The highest BCUT2D eigenvalue weighted by atomic mass is 32.1. The van der Waals surface area contributed by atoms with Crippen LogP contribution in [0.2, 0.25) is 0 Å². The van der Waals surface area contributed by atoms with Crippen molar-refractivity contribution in [1.29, 1.82) is 0 Å². The number of ether oxygens (including phenoxy) is 1. The standard InChI is InChI=1S/C18H16N2O3S/c1-11-3-6-13-16(9-11)24-18(19-13)20-17(22)8-5-12-4-7-15(23-2)14(21)10-12/h3-10,21H,1-2H3,(H,19,20,22)/b8-5+. The second-order valence-electron chi connectivity index (χ2n) is 5.24. The van der Waals surface area contributed by atoms with Crippen molar-refractivity contribution in [1.82, 2.24) is 4.98 Å². The maximum atomic E-state index is 12.0. The number of phenols is 1.